The first-order valence-corrected chi connectivity index (χ1v) is 11.4. The van der Waals surface area contributed by atoms with Crippen molar-refractivity contribution in [1.29, 1.82) is 0 Å². The minimum atomic E-state index is -0.460. The summed E-state index contributed by atoms with van der Waals surface area (Å²) in [6, 6.07) is 13.8. The molecule has 1 N–H and O–H groups in total. The number of anilines is 1. The van der Waals surface area contributed by atoms with Gasteiger partial charge in [-0.2, -0.15) is 5.10 Å². The highest BCUT2D eigenvalue weighted by Crippen LogP contribution is 2.38. The number of carbonyl (C=O) groups excluding carboxylic acids is 2. The SMILES string of the molecule is CC(=O)Nc1ccc(F)cc1-c1cc(-c2c(-c3ccc(F)cc3)nn3c2CN(C(C)=O)CC3)ccn1. The summed E-state index contributed by atoms with van der Waals surface area (Å²) >= 11 is 0. The van der Waals surface area contributed by atoms with E-state index in [2.05, 4.69) is 10.3 Å². The number of amides is 2. The number of nitrogens with one attached hydrogen (secondary N) is 1. The summed E-state index contributed by atoms with van der Waals surface area (Å²) in [6.07, 6.45) is 1.61. The lowest BCUT2D eigenvalue weighted by Gasteiger charge is -2.27. The zero-order chi connectivity index (χ0) is 25.4. The molecule has 2 aromatic heterocycles. The van der Waals surface area contributed by atoms with E-state index >= 15 is 0 Å². The predicted molar refractivity (Wildman–Crippen MR) is 132 cm³/mol. The van der Waals surface area contributed by atoms with Crippen LogP contribution in [0.3, 0.4) is 0 Å². The van der Waals surface area contributed by atoms with Crippen LogP contribution in [0.4, 0.5) is 14.5 Å². The van der Waals surface area contributed by atoms with Crippen molar-refractivity contribution in [2.24, 2.45) is 0 Å². The van der Waals surface area contributed by atoms with Gasteiger partial charge >= 0.3 is 0 Å². The van der Waals surface area contributed by atoms with Crippen LogP contribution >= 0.6 is 0 Å². The first-order valence-electron chi connectivity index (χ1n) is 11.4. The van der Waals surface area contributed by atoms with Gasteiger partial charge in [-0.25, -0.2) is 8.78 Å². The lowest BCUT2D eigenvalue weighted by atomic mass is 9.97. The van der Waals surface area contributed by atoms with Crippen molar-refractivity contribution >= 4 is 17.5 Å². The van der Waals surface area contributed by atoms with Crippen LogP contribution in [0.15, 0.2) is 60.8 Å². The second-order valence-corrected chi connectivity index (χ2v) is 8.64. The van der Waals surface area contributed by atoms with Crippen molar-refractivity contribution in [3.63, 3.8) is 0 Å². The Kier molecular flexibility index (Phi) is 6.05. The number of halogens is 2. The Bertz CT molecular complexity index is 1480. The van der Waals surface area contributed by atoms with Crippen molar-refractivity contribution in [2.45, 2.75) is 26.9 Å². The summed E-state index contributed by atoms with van der Waals surface area (Å²) in [7, 11) is 0. The van der Waals surface area contributed by atoms with Crippen LogP contribution < -0.4 is 5.32 Å². The van der Waals surface area contributed by atoms with E-state index in [1.54, 1.807) is 29.3 Å². The molecule has 0 fully saturated rings. The molecule has 0 spiro atoms. The molecule has 0 aliphatic carbocycles. The highest BCUT2D eigenvalue weighted by Gasteiger charge is 2.27. The molecule has 5 rings (SSSR count). The molecule has 1 aliphatic heterocycles. The van der Waals surface area contributed by atoms with Crippen molar-refractivity contribution in [2.75, 3.05) is 11.9 Å². The molecule has 1 aliphatic rings. The molecule has 0 radical (unpaired) electrons. The predicted octanol–water partition coefficient (Wildman–Crippen LogP) is 4.88. The number of fused-ring (bicyclic) bond motifs is 1. The number of benzene rings is 2. The number of nitrogens with zero attached hydrogens (tertiary/aromatic N) is 4. The summed E-state index contributed by atoms with van der Waals surface area (Å²) in [5, 5.41) is 7.54. The van der Waals surface area contributed by atoms with Crippen molar-refractivity contribution in [1.82, 2.24) is 19.7 Å². The lowest BCUT2D eigenvalue weighted by Crippen LogP contribution is -2.37. The number of rotatable bonds is 4. The quantitative estimate of drug-likeness (QED) is 0.445. The fraction of sp³-hybridized carbons (Fsp3) is 0.185. The molecule has 0 atom stereocenters. The normalized spacial score (nSPS) is 12.8. The van der Waals surface area contributed by atoms with Crippen molar-refractivity contribution in [3.8, 4) is 33.6 Å². The fourth-order valence-corrected chi connectivity index (χ4v) is 4.46. The molecule has 182 valence electrons. The molecule has 2 aromatic carbocycles. The second-order valence-electron chi connectivity index (χ2n) is 8.64. The topological polar surface area (TPSA) is 80.1 Å². The minimum absolute atomic E-state index is 0.0353. The fourth-order valence-electron chi connectivity index (χ4n) is 4.46. The molecule has 0 saturated heterocycles. The van der Waals surface area contributed by atoms with Crippen LogP contribution in [-0.4, -0.2) is 38.0 Å². The summed E-state index contributed by atoms with van der Waals surface area (Å²) < 4.78 is 29.7. The number of aromatic nitrogens is 3. The monoisotopic (exact) mass is 487 g/mol. The van der Waals surface area contributed by atoms with Gasteiger partial charge in [0.1, 0.15) is 17.3 Å². The average Bonchev–Trinajstić information content (AvgIpc) is 3.24. The van der Waals surface area contributed by atoms with E-state index in [0.717, 1.165) is 22.4 Å². The Labute approximate surface area is 206 Å². The van der Waals surface area contributed by atoms with Crippen LogP contribution in [0.2, 0.25) is 0 Å². The van der Waals surface area contributed by atoms with Crippen LogP contribution in [0.25, 0.3) is 33.6 Å². The molecule has 0 bridgehead atoms. The standard InChI is InChI=1S/C27H23F2N5O2/c1-16(35)31-23-8-7-21(29)14-22(23)24-13-19(9-10-30-24)26-25-15-33(17(2)36)11-12-34(25)32-27(26)18-3-5-20(28)6-4-18/h3-10,13-14H,11-12,15H2,1-2H3,(H,31,35). The van der Waals surface area contributed by atoms with Gasteiger partial charge < -0.3 is 10.2 Å². The zero-order valence-electron chi connectivity index (χ0n) is 19.8. The van der Waals surface area contributed by atoms with E-state index in [0.29, 0.717) is 42.3 Å². The van der Waals surface area contributed by atoms with Crippen molar-refractivity contribution < 1.29 is 18.4 Å². The summed E-state index contributed by atoms with van der Waals surface area (Å²) in [5.41, 5.74) is 5.08. The Balaban J connectivity index is 1.69. The van der Waals surface area contributed by atoms with Crippen LogP contribution in [-0.2, 0) is 22.7 Å². The van der Waals surface area contributed by atoms with E-state index in [-0.39, 0.29) is 17.6 Å². The second kappa shape index (κ2) is 9.33. The Morgan fingerprint density at radius 3 is 2.39 bits per heavy atom. The third kappa shape index (κ3) is 4.47. The molecule has 7 nitrogen and oxygen atoms in total. The molecule has 9 heteroatoms. The van der Waals surface area contributed by atoms with Gasteiger partial charge in [-0.05, 0) is 60.2 Å². The van der Waals surface area contributed by atoms with Crippen LogP contribution in [0.5, 0.6) is 0 Å². The number of carbonyl (C=O) groups is 2. The summed E-state index contributed by atoms with van der Waals surface area (Å²) in [6.45, 7) is 4.35. The van der Waals surface area contributed by atoms with Gasteiger partial charge in [-0.15, -0.1) is 0 Å². The zero-order valence-corrected chi connectivity index (χ0v) is 19.8. The minimum Gasteiger partial charge on any atom is -0.335 e. The number of pyridine rings is 1. The molecule has 4 aromatic rings. The number of hydrogen-bond donors (Lipinski definition) is 1. The maximum atomic E-state index is 14.2. The van der Waals surface area contributed by atoms with E-state index in [4.69, 9.17) is 5.10 Å². The molecular weight excluding hydrogens is 464 g/mol. The maximum Gasteiger partial charge on any atom is 0.221 e. The van der Waals surface area contributed by atoms with Crippen LogP contribution in [0, 0.1) is 11.6 Å². The molecule has 0 saturated carbocycles. The Morgan fingerprint density at radius 2 is 1.67 bits per heavy atom. The van der Waals surface area contributed by atoms with E-state index < -0.39 is 5.82 Å². The van der Waals surface area contributed by atoms with Gasteiger partial charge in [-0.3, -0.25) is 19.3 Å². The Hall–Kier alpha value is -4.40. The molecule has 0 unspecified atom stereocenters. The van der Waals surface area contributed by atoms with Gasteiger partial charge in [0.2, 0.25) is 11.8 Å². The average molecular weight is 488 g/mol. The first kappa shape index (κ1) is 23.3. The smallest absolute Gasteiger partial charge is 0.221 e. The molecular formula is C27H23F2N5O2. The van der Waals surface area contributed by atoms with Gasteiger partial charge in [-0.1, -0.05) is 0 Å². The summed E-state index contributed by atoms with van der Waals surface area (Å²) in [4.78, 5) is 30.0. The molecule has 36 heavy (non-hydrogen) atoms. The Morgan fingerprint density at radius 1 is 0.917 bits per heavy atom. The summed E-state index contributed by atoms with van der Waals surface area (Å²) in [5.74, 6) is -1.13. The van der Waals surface area contributed by atoms with Gasteiger partial charge in [0, 0.05) is 43.3 Å². The van der Waals surface area contributed by atoms with Gasteiger partial charge in [0.25, 0.3) is 0 Å². The maximum absolute atomic E-state index is 14.2. The third-order valence-electron chi connectivity index (χ3n) is 6.16. The van der Waals surface area contributed by atoms with E-state index in [9.17, 15) is 18.4 Å². The van der Waals surface area contributed by atoms with E-state index in [1.165, 1.54) is 44.2 Å². The lowest BCUT2D eigenvalue weighted by molar-refractivity contribution is -0.130. The largest absolute Gasteiger partial charge is 0.335 e. The van der Waals surface area contributed by atoms with E-state index in [1.807, 2.05) is 10.7 Å². The third-order valence-corrected chi connectivity index (χ3v) is 6.16. The van der Waals surface area contributed by atoms with Gasteiger partial charge in [0.05, 0.1) is 30.2 Å². The van der Waals surface area contributed by atoms with Crippen LogP contribution in [0.1, 0.15) is 19.5 Å². The highest BCUT2D eigenvalue weighted by atomic mass is 19.1. The number of hydrogen-bond acceptors (Lipinski definition) is 4. The highest BCUT2D eigenvalue weighted by molar-refractivity contribution is 5.94. The molecule has 3 heterocycles. The van der Waals surface area contributed by atoms with Crippen molar-refractivity contribution in [3.05, 3.63) is 78.1 Å². The molecule has 2 amide bonds. The van der Waals surface area contributed by atoms with Gasteiger partial charge in [0.15, 0.2) is 0 Å². The first-order chi connectivity index (χ1) is 17.3.